The Morgan fingerprint density at radius 3 is 2.00 bits per heavy atom. The van der Waals surface area contributed by atoms with Gasteiger partial charge in [-0.3, -0.25) is 0 Å². The Morgan fingerprint density at radius 1 is 1.57 bits per heavy atom. The molecule has 0 aromatic carbocycles. The van der Waals surface area contributed by atoms with Gasteiger partial charge in [-0.2, -0.15) is 0 Å². The van der Waals surface area contributed by atoms with Gasteiger partial charge in [-0.05, 0) is 6.54 Å². The van der Waals surface area contributed by atoms with E-state index in [0.717, 1.165) is 0 Å². The molecule has 0 atom stereocenters. The summed E-state index contributed by atoms with van der Waals surface area (Å²) in [6, 6.07) is 0. The predicted molar refractivity (Wildman–Crippen MR) is 41.2 cm³/mol. The van der Waals surface area contributed by atoms with Crippen LogP contribution in [0.1, 0.15) is 6.92 Å². The van der Waals surface area contributed by atoms with E-state index in [0.29, 0.717) is 0 Å². The van der Waals surface area contributed by atoms with Gasteiger partial charge in [0.15, 0.2) is 0 Å². The maximum Gasteiger partial charge on any atom is 0.0976 e. The van der Waals surface area contributed by atoms with Crippen molar-refractivity contribution in [3.05, 3.63) is 0 Å². The van der Waals surface area contributed by atoms with Gasteiger partial charge in [0.1, 0.15) is 0 Å². The molecule has 44 valence electrons. The van der Waals surface area contributed by atoms with E-state index in [1.165, 1.54) is 16.9 Å². The predicted octanol–water partition coefficient (Wildman–Crippen LogP) is -0.428. The fourth-order valence-electron chi connectivity index (χ4n) is 0.365. The Balaban J connectivity index is 3.14. The summed E-state index contributed by atoms with van der Waals surface area (Å²) in [6.07, 6.45) is 0. The van der Waals surface area contributed by atoms with Crippen LogP contribution >= 0.6 is 0 Å². The first-order chi connectivity index (χ1) is 3.18. The molecule has 0 saturated heterocycles. The van der Waals surface area contributed by atoms with Gasteiger partial charge in [0.25, 0.3) is 0 Å². The Kier molecular flexibility index (Phi) is 3.59. The first-order valence-corrected chi connectivity index (χ1v) is 6.60. The van der Waals surface area contributed by atoms with E-state index in [9.17, 15) is 0 Å². The minimum absolute atomic E-state index is 0.370. The summed E-state index contributed by atoms with van der Waals surface area (Å²) in [4.78, 5) is 0. The lowest BCUT2D eigenvalue weighted by atomic mass is 10.8. The number of rotatable bonds is 2. The molecule has 0 aromatic heterocycles. The summed E-state index contributed by atoms with van der Waals surface area (Å²) in [7, 11) is 0.900. The van der Waals surface area contributed by atoms with Crippen LogP contribution in [0.15, 0.2) is 0 Å². The molecule has 7 heavy (non-hydrogen) atoms. The van der Waals surface area contributed by atoms with Crippen LogP contribution in [0.5, 0.6) is 0 Å². The summed E-state index contributed by atoms with van der Waals surface area (Å²) in [5.74, 6) is 0. The quantitative estimate of drug-likeness (QED) is 0.462. The van der Waals surface area contributed by atoms with Gasteiger partial charge in [0, 0.05) is 0 Å². The van der Waals surface area contributed by atoms with Crippen molar-refractivity contribution in [1.82, 2.24) is 4.23 Å². The van der Waals surface area contributed by atoms with Crippen molar-refractivity contribution < 1.29 is 0 Å². The van der Waals surface area contributed by atoms with Gasteiger partial charge in [-0.25, -0.2) is 0 Å². The van der Waals surface area contributed by atoms with E-state index in [1.54, 1.807) is 0 Å². The minimum atomic E-state index is -0.370. The van der Waals surface area contributed by atoms with Gasteiger partial charge in [-0.15, -0.1) is 0 Å². The van der Waals surface area contributed by atoms with Crippen molar-refractivity contribution in [2.75, 3.05) is 6.54 Å². The molecule has 1 nitrogen and oxygen atoms in total. The molecule has 0 saturated carbocycles. The molecular formula is C4H15NSi2. The third-order valence-corrected chi connectivity index (χ3v) is 7.24. The zero-order valence-corrected chi connectivity index (χ0v) is 8.89. The van der Waals surface area contributed by atoms with Crippen molar-refractivity contribution >= 4 is 19.4 Å². The SMILES string of the molecule is CCN([SiH3])[SiH](C)C. The van der Waals surface area contributed by atoms with Crippen molar-refractivity contribution in [2.45, 2.75) is 20.0 Å². The van der Waals surface area contributed by atoms with Gasteiger partial charge in [0.05, 0.1) is 19.4 Å². The van der Waals surface area contributed by atoms with Crippen LogP contribution in [-0.4, -0.2) is 30.1 Å². The third-order valence-electron chi connectivity index (χ3n) is 1.38. The largest absolute Gasteiger partial charge is 0.356 e. The topological polar surface area (TPSA) is 3.24 Å². The maximum absolute atomic E-state index is 2.57. The fraction of sp³-hybridized carbons (Fsp3) is 1.00. The van der Waals surface area contributed by atoms with E-state index in [1.807, 2.05) is 0 Å². The third kappa shape index (κ3) is 3.02. The molecule has 0 aliphatic heterocycles. The lowest BCUT2D eigenvalue weighted by Crippen LogP contribution is -2.31. The average molecular weight is 133 g/mol. The highest BCUT2D eigenvalue weighted by molar-refractivity contribution is 6.58. The van der Waals surface area contributed by atoms with E-state index in [4.69, 9.17) is 0 Å². The van der Waals surface area contributed by atoms with Crippen LogP contribution in [0.2, 0.25) is 13.1 Å². The molecule has 0 amide bonds. The zero-order valence-electron chi connectivity index (χ0n) is 5.73. The van der Waals surface area contributed by atoms with Gasteiger partial charge in [0.2, 0.25) is 0 Å². The van der Waals surface area contributed by atoms with Crippen LogP contribution in [0, 0.1) is 0 Å². The van der Waals surface area contributed by atoms with Crippen molar-refractivity contribution in [3.8, 4) is 0 Å². The summed E-state index contributed by atoms with van der Waals surface area (Å²) < 4.78 is 2.57. The molecule has 0 aliphatic rings. The van der Waals surface area contributed by atoms with Crippen molar-refractivity contribution in [1.29, 1.82) is 0 Å². The second kappa shape index (κ2) is 3.40. The summed E-state index contributed by atoms with van der Waals surface area (Å²) in [6.45, 7) is 8.25. The molecule has 0 bridgehead atoms. The van der Waals surface area contributed by atoms with E-state index >= 15 is 0 Å². The van der Waals surface area contributed by atoms with Crippen molar-refractivity contribution in [2.24, 2.45) is 0 Å². The summed E-state index contributed by atoms with van der Waals surface area (Å²) in [5.41, 5.74) is 0. The van der Waals surface area contributed by atoms with Crippen LogP contribution in [0.4, 0.5) is 0 Å². The summed E-state index contributed by atoms with van der Waals surface area (Å²) in [5, 5.41) is 0. The van der Waals surface area contributed by atoms with Gasteiger partial charge < -0.3 is 4.23 Å². The monoisotopic (exact) mass is 133 g/mol. The second-order valence-corrected chi connectivity index (χ2v) is 7.42. The summed E-state index contributed by atoms with van der Waals surface area (Å²) >= 11 is 0. The average Bonchev–Trinajstić information content (AvgIpc) is 1.65. The molecule has 0 N–H and O–H groups in total. The number of hydrogen-bond acceptors (Lipinski definition) is 1. The molecular weight excluding hydrogens is 118 g/mol. The molecule has 0 rings (SSSR count). The van der Waals surface area contributed by atoms with E-state index in [2.05, 4.69) is 24.2 Å². The fourth-order valence-corrected chi connectivity index (χ4v) is 1.10. The highest BCUT2D eigenvalue weighted by Crippen LogP contribution is 1.84. The number of nitrogens with zero attached hydrogens (tertiary/aromatic N) is 1. The van der Waals surface area contributed by atoms with Crippen LogP contribution in [-0.2, 0) is 0 Å². The standard InChI is InChI=1S/C4H15NSi2/c1-4-5(6)7(2)3/h7H,4H2,1-3,6H3. The van der Waals surface area contributed by atoms with Crippen LogP contribution < -0.4 is 0 Å². The van der Waals surface area contributed by atoms with Gasteiger partial charge >= 0.3 is 0 Å². The highest BCUT2D eigenvalue weighted by Gasteiger charge is 1.97. The van der Waals surface area contributed by atoms with E-state index < -0.39 is 0 Å². The molecule has 0 radical (unpaired) electrons. The first kappa shape index (κ1) is 7.39. The number of hydrogen-bond donors (Lipinski definition) is 0. The molecule has 0 heterocycles. The van der Waals surface area contributed by atoms with Crippen LogP contribution in [0.25, 0.3) is 0 Å². The molecule has 3 heteroatoms. The molecule has 0 aromatic rings. The lowest BCUT2D eigenvalue weighted by molar-refractivity contribution is 0.716. The zero-order chi connectivity index (χ0) is 5.86. The second-order valence-electron chi connectivity index (χ2n) is 2.17. The molecule has 0 aliphatic carbocycles. The lowest BCUT2D eigenvalue weighted by Gasteiger charge is -2.16. The van der Waals surface area contributed by atoms with Gasteiger partial charge in [-0.1, -0.05) is 20.0 Å². The van der Waals surface area contributed by atoms with E-state index in [-0.39, 0.29) is 8.96 Å². The Bertz CT molecular complexity index is 47.0. The molecule has 0 spiro atoms. The minimum Gasteiger partial charge on any atom is -0.356 e. The molecule has 0 fully saturated rings. The first-order valence-electron chi connectivity index (χ1n) is 2.88. The highest BCUT2D eigenvalue weighted by atomic mass is 28.3. The smallest absolute Gasteiger partial charge is 0.0976 e. The Labute approximate surface area is 50.9 Å². The Morgan fingerprint density at radius 2 is 2.00 bits per heavy atom. The normalized spacial score (nSPS) is 11.6. The van der Waals surface area contributed by atoms with Crippen LogP contribution in [0.3, 0.4) is 0 Å². The van der Waals surface area contributed by atoms with Crippen molar-refractivity contribution in [3.63, 3.8) is 0 Å². The Hall–Kier alpha value is 0.394. The maximum atomic E-state index is 2.57. The molecule has 0 unspecified atom stereocenters.